The van der Waals surface area contributed by atoms with Crippen molar-refractivity contribution in [1.29, 1.82) is 0 Å². The second kappa shape index (κ2) is 15.3. The summed E-state index contributed by atoms with van der Waals surface area (Å²) in [5.41, 5.74) is 4.00. The first-order chi connectivity index (χ1) is 9.15. The van der Waals surface area contributed by atoms with Crippen molar-refractivity contribution in [3.8, 4) is 0 Å². The number of aliphatic hydroxyl groups excluding tert-OH is 1. The number of aliphatic hydroxyl groups is 1. The first-order valence-electron chi connectivity index (χ1n) is 6.13. The summed E-state index contributed by atoms with van der Waals surface area (Å²) in [4.78, 5) is 12.9. The van der Waals surface area contributed by atoms with Gasteiger partial charge in [0.1, 0.15) is 6.79 Å². The second-order valence-electron chi connectivity index (χ2n) is 3.59. The summed E-state index contributed by atoms with van der Waals surface area (Å²) in [5.74, 6) is 0. The fourth-order valence-corrected chi connectivity index (χ4v) is 1.29. The highest BCUT2D eigenvalue weighted by Gasteiger charge is 2.00. The molecule has 4 nitrogen and oxygen atoms in total. The van der Waals surface area contributed by atoms with E-state index < -0.39 is 0 Å². The molecular weight excluding hydrogens is 310 g/mol. The molecule has 1 atom stereocenters. The lowest BCUT2D eigenvalue weighted by molar-refractivity contribution is -0.0979. The molecule has 0 unspecified atom stereocenters. The number of carbonyl (C=O) groups excluding carboxylic acids is 1. The van der Waals surface area contributed by atoms with Crippen LogP contribution >= 0.6 is 15.9 Å². The molecule has 1 rings (SSSR count). The second-order valence-corrected chi connectivity index (χ2v) is 4.44. The van der Waals surface area contributed by atoms with Crippen LogP contribution in [0.2, 0.25) is 0 Å². The van der Waals surface area contributed by atoms with Gasteiger partial charge in [0.2, 0.25) is 0 Å². The third-order valence-corrected chi connectivity index (χ3v) is 3.07. The molecule has 0 heterocycles. The van der Waals surface area contributed by atoms with E-state index >= 15 is 0 Å². The lowest BCUT2D eigenvalue weighted by Gasteiger charge is -2.11. The molecule has 0 aliphatic rings. The summed E-state index contributed by atoms with van der Waals surface area (Å²) < 4.78 is 1.18. The van der Waals surface area contributed by atoms with Gasteiger partial charge in [-0.25, -0.2) is 0 Å². The predicted octanol–water partition coefficient (Wildman–Crippen LogP) is 2.87. The number of nitrogens with one attached hydrogen (secondary N) is 1. The third kappa shape index (κ3) is 12.0. The number of carbonyl (C=O) groups is 1. The Morgan fingerprint density at radius 1 is 1.37 bits per heavy atom. The third-order valence-electron chi connectivity index (χ3n) is 2.18. The van der Waals surface area contributed by atoms with Crippen molar-refractivity contribution in [2.75, 3.05) is 13.2 Å². The van der Waals surface area contributed by atoms with E-state index in [0.29, 0.717) is 6.61 Å². The number of halogens is 1. The van der Waals surface area contributed by atoms with Crippen LogP contribution in [0.4, 0.5) is 0 Å². The molecule has 2 N–H and O–H groups in total. The van der Waals surface area contributed by atoms with E-state index in [2.05, 4.69) is 34.4 Å². The van der Waals surface area contributed by atoms with Crippen LogP contribution in [0.1, 0.15) is 25.8 Å². The minimum absolute atomic E-state index is 0.0879. The molecule has 110 valence electrons. The van der Waals surface area contributed by atoms with Gasteiger partial charge < -0.3 is 14.7 Å². The molecule has 0 radical (unpaired) electrons. The molecule has 1 aromatic rings. The van der Waals surface area contributed by atoms with Crippen molar-refractivity contribution >= 4 is 22.7 Å². The van der Waals surface area contributed by atoms with Crippen LogP contribution in [0.5, 0.6) is 0 Å². The van der Waals surface area contributed by atoms with Crippen LogP contribution in [0.15, 0.2) is 28.7 Å². The highest BCUT2D eigenvalue weighted by Crippen LogP contribution is 2.13. The van der Waals surface area contributed by atoms with Crippen molar-refractivity contribution in [2.45, 2.75) is 33.2 Å². The van der Waals surface area contributed by atoms with E-state index in [1.807, 2.05) is 38.8 Å². The van der Waals surface area contributed by atoms with Crippen LogP contribution < -0.4 is 5.48 Å². The van der Waals surface area contributed by atoms with Crippen LogP contribution in [0.25, 0.3) is 0 Å². The maximum absolute atomic E-state index is 8.61. The first kappa shape index (κ1) is 20.6. The summed E-state index contributed by atoms with van der Waals surface area (Å²) >= 11 is 3.40. The number of hydrogen-bond donors (Lipinski definition) is 2. The van der Waals surface area contributed by atoms with Crippen molar-refractivity contribution in [3.63, 3.8) is 0 Å². The number of aryl methyl sites for hydroxylation is 1. The lowest BCUT2D eigenvalue weighted by atomic mass is 10.2. The van der Waals surface area contributed by atoms with Gasteiger partial charge in [-0.1, -0.05) is 41.1 Å². The Morgan fingerprint density at radius 3 is 2.26 bits per heavy atom. The van der Waals surface area contributed by atoms with Crippen LogP contribution in [0.3, 0.4) is 0 Å². The molecule has 0 fully saturated rings. The average molecular weight is 334 g/mol. The molecule has 0 aromatic heterocycles. The zero-order valence-corrected chi connectivity index (χ0v) is 13.4. The summed E-state index contributed by atoms with van der Waals surface area (Å²) in [6.45, 7) is 8.74. The molecule has 0 spiro atoms. The molecular formula is C14H24BrNO3. The normalized spacial score (nSPS) is 10.6. The summed E-state index contributed by atoms with van der Waals surface area (Å²) in [5, 5.41) is 8.61. The van der Waals surface area contributed by atoms with Gasteiger partial charge in [0.25, 0.3) is 0 Å². The van der Waals surface area contributed by atoms with Crippen molar-refractivity contribution in [3.05, 3.63) is 34.3 Å². The van der Waals surface area contributed by atoms with Gasteiger partial charge in [-0.2, -0.15) is 5.48 Å². The molecule has 0 aliphatic carbocycles. The maximum atomic E-state index is 8.61. The van der Waals surface area contributed by atoms with E-state index in [0.717, 1.165) is 6.42 Å². The molecule has 0 saturated carbocycles. The quantitative estimate of drug-likeness (QED) is 0.813. The monoisotopic (exact) mass is 333 g/mol. The zero-order valence-electron chi connectivity index (χ0n) is 11.9. The Balaban J connectivity index is 0. The van der Waals surface area contributed by atoms with Crippen LogP contribution in [-0.2, 0) is 9.63 Å². The molecule has 0 bridgehead atoms. The minimum atomic E-state index is 0.0879. The SMILES string of the molecule is C=O.CCON[C@@H](CC)CO.Cc1ccccc1Br. The molecule has 0 amide bonds. The molecule has 0 saturated heterocycles. The van der Waals surface area contributed by atoms with E-state index in [4.69, 9.17) is 14.7 Å². The number of hydroxylamine groups is 1. The standard InChI is InChI=1S/C7H7Br.C6H15NO2.CH2O/c1-6-4-2-3-5-7(6)8;1-3-6(5-8)7-9-4-2;1-2/h2-5H,1H3;6-8H,3-5H2,1-2H3;1H2/t;6-;/m.0./s1. The van der Waals surface area contributed by atoms with Gasteiger partial charge in [0.05, 0.1) is 19.3 Å². The number of hydrogen-bond acceptors (Lipinski definition) is 4. The average Bonchev–Trinajstić information content (AvgIpc) is 2.46. The highest BCUT2D eigenvalue weighted by atomic mass is 79.9. The van der Waals surface area contributed by atoms with Gasteiger partial charge in [-0.3, -0.25) is 0 Å². The van der Waals surface area contributed by atoms with Crippen molar-refractivity contribution < 1.29 is 14.7 Å². The fraction of sp³-hybridized carbons (Fsp3) is 0.500. The smallest absolute Gasteiger partial charge is 0.106 e. The zero-order chi connectivity index (χ0) is 15.1. The Morgan fingerprint density at radius 2 is 1.95 bits per heavy atom. The van der Waals surface area contributed by atoms with Gasteiger partial charge in [-0.05, 0) is 31.9 Å². The predicted molar refractivity (Wildman–Crippen MR) is 81.9 cm³/mol. The van der Waals surface area contributed by atoms with E-state index in [1.165, 1.54) is 10.0 Å². The summed E-state index contributed by atoms with van der Waals surface area (Å²) in [6.07, 6.45) is 0.885. The maximum Gasteiger partial charge on any atom is 0.106 e. The Bertz CT molecular complexity index is 285. The van der Waals surface area contributed by atoms with Crippen molar-refractivity contribution in [1.82, 2.24) is 5.48 Å². The number of benzene rings is 1. The molecule has 0 aliphatic heterocycles. The lowest BCUT2D eigenvalue weighted by Crippen LogP contribution is -2.31. The van der Waals surface area contributed by atoms with Gasteiger partial charge >= 0.3 is 0 Å². The van der Waals surface area contributed by atoms with Crippen LogP contribution in [-0.4, -0.2) is 31.2 Å². The summed E-state index contributed by atoms with van der Waals surface area (Å²) in [6, 6.07) is 8.24. The van der Waals surface area contributed by atoms with E-state index in [9.17, 15) is 0 Å². The minimum Gasteiger partial charge on any atom is -0.395 e. The summed E-state index contributed by atoms with van der Waals surface area (Å²) in [7, 11) is 0. The largest absolute Gasteiger partial charge is 0.395 e. The molecule has 1 aromatic carbocycles. The van der Waals surface area contributed by atoms with Gasteiger partial charge in [0.15, 0.2) is 0 Å². The molecule has 19 heavy (non-hydrogen) atoms. The number of rotatable bonds is 5. The topological polar surface area (TPSA) is 58.6 Å². The van der Waals surface area contributed by atoms with Crippen LogP contribution in [0, 0.1) is 6.92 Å². The van der Waals surface area contributed by atoms with E-state index in [-0.39, 0.29) is 12.6 Å². The highest BCUT2D eigenvalue weighted by molar-refractivity contribution is 9.10. The Labute approximate surface area is 124 Å². The first-order valence-corrected chi connectivity index (χ1v) is 6.93. The Kier molecular flexibility index (Phi) is 16.6. The van der Waals surface area contributed by atoms with Crippen molar-refractivity contribution in [2.24, 2.45) is 0 Å². The fourth-order valence-electron chi connectivity index (χ4n) is 1.00. The van der Waals surface area contributed by atoms with E-state index in [1.54, 1.807) is 0 Å². The molecule has 5 heteroatoms. The van der Waals surface area contributed by atoms with Gasteiger partial charge in [-0.15, -0.1) is 0 Å². The Hall–Kier alpha value is -0.750. The van der Waals surface area contributed by atoms with Gasteiger partial charge in [0, 0.05) is 4.47 Å².